The Hall–Kier alpha value is -2.71. The van der Waals surface area contributed by atoms with Crippen molar-refractivity contribution in [3.05, 3.63) is 46.6 Å². The molecule has 3 heterocycles. The van der Waals surface area contributed by atoms with Crippen LogP contribution in [0.3, 0.4) is 0 Å². The maximum absolute atomic E-state index is 12.9. The molecule has 0 saturated carbocycles. The topological polar surface area (TPSA) is 70.6 Å². The fraction of sp³-hybridized carbons (Fsp3) is 0.381. The SMILES string of the molecule is COc1cccc(CNC(=O)c2sc3ncnc(N4CCN(C)CC4)c3c2C)c1. The van der Waals surface area contributed by atoms with Crippen LogP contribution in [-0.4, -0.2) is 61.1 Å². The number of hydrogen-bond donors (Lipinski definition) is 1. The average molecular weight is 412 g/mol. The summed E-state index contributed by atoms with van der Waals surface area (Å²) in [6.07, 6.45) is 1.60. The summed E-state index contributed by atoms with van der Waals surface area (Å²) in [5.74, 6) is 1.63. The summed E-state index contributed by atoms with van der Waals surface area (Å²) in [6.45, 7) is 6.29. The molecule has 0 spiro atoms. The van der Waals surface area contributed by atoms with Crippen molar-refractivity contribution in [2.75, 3.05) is 45.2 Å². The van der Waals surface area contributed by atoms with Crippen LogP contribution in [0.1, 0.15) is 20.8 Å². The summed E-state index contributed by atoms with van der Waals surface area (Å²) in [5, 5.41) is 4.01. The summed E-state index contributed by atoms with van der Waals surface area (Å²) >= 11 is 1.43. The zero-order valence-corrected chi connectivity index (χ0v) is 17.8. The van der Waals surface area contributed by atoms with Crippen molar-refractivity contribution in [1.29, 1.82) is 0 Å². The Labute approximate surface area is 174 Å². The highest BCUT2D eigenvalue weighted by Gasteiger charge is 2.23. The largest absolute Gasteiger partial charge is 0.497 e. The van der Waals surface area contributed by atoms with E-state index >= 15 is 0 Å². The van der Waals surface area contributed by atoms with Gasteiger partial charge in [0.25, 0.3) is 5.91 Å². The van der Waals surface area contributed by atoms with Crippen molar-refractivity contribution in [3.8, 4) is 5.75 Å². The lowest BCUT2D eigenvalue weighted by molar-refractivity contribution is 0.0954. The fourth-order valence-corrected chi connectivity index (χ4v) is 4.63. The van der Waals surface area contributed by atoms with Crippen LogP contribution in [0.25, 0.3) is 10.2 Å². The number of ether oxygens (including phenoxy) is 1. The summed E-state index contributed by atoms with van der Waals surface area (Å²) in [7, 11) is 3.77. The van der Waals surface area contributed by atoms with Gasteiger partial charge in [0.15, 0.2) is 0 Å². The second kappa shape index (κ2) is 8.34. The number of hydrogen-bond acceptors (Lipinski definition) is 7. The highest BCUT2D eigenvalue weighted by atomic mass is 32.1. The normalized spacial score (nSPS) is 14.9. The van der Waals surface area contributed by atoms with Crippen LogP contribution in [-0.2, 0) is 6.54 Å². The smallest absolute Gasteiger partial charge is 0.261 e. The van der Waals surface area contributed by atoms with Gasteiger partial charge in [0.2, 0.25) is 0 Å². The number of nitrogens with zero attached hydrogens (tertiary/aromatic N) is 4. The van der Waals surface area contributed by atoms with Crippen molar-refractivity contribution < 1.29 is 9.53 Å². The molecule has 0 bridgehead atoms. The van der Waals surface area contributed by atoms with Gasteiger partial charge in [0.1, 0.15) is 22.7 Å². The van der Waals surface area contributed by atoms with Crippen LogP contribution in [0, 0.1) is 6.92 Å². The van der Waals surface area contributed by atoms with E-state index in [1.807, 2.05) is 31.2 Å². The first-order valence-corrected chi connectivity index (χ1v) is 10.5. The molecule has 1 aliphatic heterocycles. The van der Waals surface area contributed by atoms with E-state index in [2.05, 4.69) is 32.1 Å². The molecule has 1 aliphatic rings. The molecule has 1 aromatic carbocycles. The van der Waals surface area contributed by atoms with Crippen molar-refractivity contribution in [1.82, 2.24) is 20.2 Å². The predicted molar refractivity (Wildman–Crippen MR) is 116 cm³/mol. The quantitative estimate of drug-likeness (QED) is 0.696. The third kappa shape index (κ3) is 4.04. The van der Waals surface area contributed by atoms with E-state index in [1.54, 1.807) is 13.4 Å². The van der Waals surface area contributed by atoms with Gasteiger partial charge in [-0.2, -0.15) is 0 Å². The Balaban J connectivity index is 1.57. The Morgan fingerprint density at radius 3 is 2.79 bits per heavy atom. The highest BCUT2D eigenvalue weighted by molar-refractivity contribution is 7.20. The Bertz CT molecular complexity index is 1030. The number of amides is 1. The lowest BCUT2D eigenvalue weighted by Gasteiger charge is -2.33. The number of methoxy groups -OCH3 is 1. The number of piperazine rings is 1. The van der Waals surface area contributed by atoms with E-state index in [0.717, 1.165) is 59.1 Å². The van der Waals surface area contributed by atoms with Gasteiger partial charge in [-0.3, -0.25) is 4.79 Å². The van der Waals surface area contributed by atoms with Gasteiger partial charge in [-0.15, -0.1) is 11.3 Å². The third-order valence-corrected chi connectivity index (χ3v) is 6.50. The van der Waals surface area contributed by atoms with Crippen LogP contribution in [0.15, 0.2) is 30.6 Å². The van der Waals surface area contributed by atoms with E-state index in [9.17, 15) is 4.79 Å². The van der Waals surface area contributed by atoms with Crippen molar-refractivity contribution >= 4 is 33.3 Å². The lowest BCUT2D eigenvalue weighted by Crippen LogP contribution is -2.44. The Kier molecular flexibility index (Phi) is 5.64. The molecule has 0 aliphatic carbocycles. The van der Waals surface area contributed by atoms with Gasteiger partial charge < -0.3 is 19.9 Å². The Morgan fingerprint density at radius 2 is 2.03 bits per heavy atom. The van der Waals surface area contributed by atoms with E-state index in [4.69, 9.17) is 4.74 Å². The van der Waals surface area contributed by atoms with Gasteiger partial charge in [-0.1, -0.05) is 12.1 Å². The molecule has 29 heavy (non-hydrogen) atoms. The van der Waals surface area contributed by atoms with Gasteiger partial charge >= 0.3 is 0 Å². The summed E-state index contributed by atoms with van der Waals surface area (Å²) < 4.78 is 5.25. The molecule has 0 atom stereocenters. The molecule has 0 radical (unpaired) electrons. The molecule has 4 rings (SSSR count). The van der Waals surface area contributed by atoms with E-state index in [1.165, 1.54) is 11.3 Å². The number of fused-ring (bicyclic) bond motifs is 1. The summed E-state index contributed by atoms with van der Waals surface area (Å²) in [6, 6.07) is 7.70. The van der Waals surface area contributed by atoms with E-state index in [0.29, 0.717) is 11.4 Å². The van der Waals surface area contributed by atoms with Crippen molar-refractivity contribution in [2.24, 2.45) is 0 Å². The number of rotatable bonds is 5. The number of nitrogens with one attached hydrogen (secondary N) is 1. The van der Waals surface area contributed by atoms with E-state index in [-0.39, 0.29) is 5.91 Å². The molecule has 1 saturated heterocycles. The highest BCUT2D eigenvalue weighted by Crippen LogP contribution is 2.35. The number of benzene rings is 1. The molecule has 2 aromatic heterocycles. The lowest BCUT2D eigenvalue weighted by atomic mass is 10.1. The van der Waals surface area contributed by atoms with Gasteiger partial charge in [0, 0.05) is 32.7 Å². The number of aromatic nitrogens is 2. The van der Waals surface area contributed by atoms with Crippen LogP contribution >= 0.6 is 11.3 Å². The minimum absolute atomic E-state index is 0.0855. The minimum atomic E-state index is -0.0855. The molecular weight excluding hydrogens is 386 g/mol. The maximum Gasteiger partial charge on any atom is 0.261 e. The number of likely N-dealkylation sites (N-methyl/N-ethyl adjacent to an activating group) is 1. The number of thiophene rings is 1. The van der Waals surface area contributed by atoms with Crippen molar-refractivity contribution in [2.45, 2.75) is 13.5 Å². The van der Waals surface area contributed by atoms with Gasteiger partial charge in [-0.25, -0.2) is 9.97 Å². The number of anilines is 1. The molecule has 8 heteroatoms. The molecule has 3 aromatic rings. The van der Waals surface area contributed by atoms with Crippen LogP contribution in [0.5, 0.6) is 5.75 Å². The number of carbonyl (C=O) groups excluding carboxylic acids is 1. The first-order chi connectivity index (χ1) is 14.1. The summed E-state index contributed by atoms with van der Waals surface area (Å²) in [5.41, 5.74) is 1.94. The zero-order chi connectivity index (χ0) is 20.4. The zero-order valence-electron chi connectivity index (χ0n) is 16.9. The second-order valence-corrected chi connectivity index (χ2v) is 8.26. The fourth-order valence-electron chi connectivity index (χ4n) is 3.57. The number of aryl methyl sites for hydroxylation is 1. The monoisotopic (exact) mass is 411 g/mol. The van der Waals surface area contributed by atoms with Crippen LogP contribution in [0.4, 0.5) is 5.82 Å². The van der Waals surface area contributed by atoms with Crippen LogP contribution < -0.4 is 15.0 Å². The molecule has 152 valence electrons. The molecule has 1 fully saturated rings. The van der Waals surface area contributed by atoms with Crippen molar-refractivity contribution in [3.63, 3.8) is 0 Å². The molecule has 7 nitrogen and oxygen atoms in total. The third-order valence-electron chi connectivity index (χ3n) is 5.30. The molecule has 1 amide bonds. The first kappa shape index (κ1) is 19.6. The first-order valence-electron chi connectivity index (χ1n) is 9.65. The minimum Gasteiger partial charge on any atom is -0.497 e. The molecule has 1 N–H and O–H groups in total. The van der Waals surface area contributed by atoms with E-state index < -0.39 is 0 Å². The predicted octanol–water partition coefficient (Wildman–Crippen LogP) is 2.69. The average Bonchev–Trinajstić information content (AvgIpc) is 3.09. The summed E-state index contributed by atoms with van der Waals surface area (Å²) in [4.78, 5) is 28.0. The molecule has 0 unspecified atom stereocenters. The number of carbonyl (C=O) groups is 1. The Morgan fingerprint density at radius 1 is 1.24 bits per heavy atom. The second-order valence-electron chi connectivity index (χ2n) is 7.26. The van der Waals surface area contributed by atoms with Gasteiger partial charge in [0.05, 0.1) is 17.4 Å². The molecular formula is C21H25N5O2S. The van der Waals surface area contributed by atoms with Gasteiger partial charge in [-0.05, 0) is 37.2 Å². The maximum atomic E-state index is 12.9. The standard InChI is InChI=1S/C21H25N5O2S/c1-14-17-19(26-9-7-25(2)8-10-26)23-13-24-21(17)29-18(14)20(27)22-12-15-5-4-6-16(11-15)28-3/h4-6,11,13H,7-10,12H2,1-3H3,(H,22,27). The van der Waals surface area contributed by atoms with Crippen LogP contribution in [0.2, 0.25) is 0 Å².